The molecule has 0 spiro atoms. The maximum Gasteiger partial charge on any atom is 0.536 e. The summed E-state index contributed by atoms with van der Waals surface area (Å²) in [6, 6.07) is 9.94. The summed E-state index contributed by atoms with van der Waals surface area (Å²) in [4.78, 5) is 27.0. The predicted octanol–water partition coefficient (Wildman–Crippen LogP) is 3.26. The van der Waals surface area contributed by atoms with Crippen molar-refractivity contribution in [1.82, 2.24) is 0 Å². The highest BCUT2D eigenvalue weighted by Gasteiger charge is 2.35. The molecule has 0 saturated heterocycles. The zero-order valence-corrected chi connectivity index (χ0v) is 14.6. The van der Waals surface area contributed by atoms with E-state index in [1.165, 1.54) is 6.07 Å². The Hall–Kier alpha value is -1.66. The van der Waals surface area contributed by atoms with Crippen molar-refractivity contribution in [3.05, 3.63) is 47.5 Å². The second kappa shape index (κ2) is 6.69. The molecule has 0 radical (unpaired) electrons. The molecule has 0 aliphatic carbocycles. The van der Waals surface area contributed by atoms with Crippen molar-refractivity contribution in [3.63, 3.8) is 0 Å². The van der Waals surface area contributed by atoms with E-state index < -0.39 is 15.6 Å². The minimum atomic E-state index is -5.25. The zero-order valence-electron chi connectivity index (χ0n) is 12.8. The van der Waals surface area contributed by atoms with Crippen molar-refractivity contribution in [2.45, 2.75) is 13.8 Å². The molecule has 2 rings (SSSR count). The Labute approximate surface area is 138 Å². The molecule has 0 aliphatic rings. The number of phosphoric acid groups is 2. The van der Waals surface area contributed by atoms with Crippen LogP contribution >= 0.6 is 15.6 Å². The quantitative estimate of drug-likeness (QED) is 0.586. The Morgan fingerprint density at radius 2 is 1.54 bits per heavy atom. The summed E-state index contributed by atoms with van der Waals surface area (Å²) in [5.41, 5.74) is 1.50. The maximum absolute atomic E-state index is 11.9. The van der Waals surface area contributed by atoms with E-state index in [0.29, 0.717) is 16.7 Å². The van der Waals surface area contributed by atoms with Crippen molar-refractivity contribution >= 4 is 15.6 Å². The van der Waals surface area contributed by atoms with Crippen molar-refractivity contribution in [1.29, 1.82) is 0 Å². The fourth-order valence-corrected chi connectivity index (χ4v) is 3.89. The molecule has 4 N–H and O–H groups in total. The number of hydrogen-bond acceptors (Lipinski definition) is 5. The first-order chi connectivity index (χ1) is 11.0. The summed E-state index contributed by atoms with van der Waals surface area (Å²) in [6.45, 7) is 3.20. The van der Waals surface area contributed by atoms with Crippen LogP contribution in [0.25, 0.3) is 11.1 Å². The van der Waals surface area contributed by atoms with Gasteiger partial charge in [0.2, 0.25) is 0 Å². The Morgan fingerprint density at radius 1 is 0.958 bits per heavy atom. The van der Waals surface area contributed by atoms with Crippen molar-refractivity contribution in [3.8, 4) is 22.6 Å². The van der Waals surface area contributed by atoms with Gasteiger partial charge in [-0.2, -0.15) is 4.31 Å². The van der Waals surface area contributed by atoms with E-state index in [2.05, 4.69) is 4.31 Å². The summed E-state index contributed by atoms with van der Waals surface area (Å²) < 4.78 is 31.4. The van der Waals surface area contributed by atoms with Gasteiger partial charge in [-0.15, -0.1) is 0 Å². The number of phenols is 1. The van der Waals surface area contributed by atoms with Crippen LogP contribution in [0.5, 0.6) is 11.5 Å². The number of hydrogen-bond donors (Lipinski definition) is 4. The summed E-state index contributed by atoms with van der Waals surface area (Å²) in [5, 5.41) is 10.3. The predicted molar refractivity (Wildman–Crippen MR) is 86.6 cm³/mol. The van der Waals surface area contributed by atoms with Crippen LogP contribution in [-0.4, -0.2) is 19.8 Å². The van der Waals surface area contributed by atoms with E-state index in [4.69, 9.17) is 14.3 Å². The van der Waals surface area contributed by atoms with Gasteiger partial charge in [-0.25, -0.2) is 9.13 Å². The third-order valence-electron chi connectivity index (χ3n) is 3.11. The first kappa shape index (κ1) is 18.7. The minimum Gasteiger partial charge on any atom is -0.507 e. The number of phosphoric ester groups is 1. The van der Waals surface area contributed by atoms with Gasteiger partial charge in [0.05, 0.1) is 5.56 Å². The second-order valence-electron chi connectivity index (χ2n) is 5.06. The van der Waals surface area contributed by atoms with Crippen LogP contribution in [-0.2, 0) is 13.4 Å². The van der Waals surface area contributed by atoms with Crippen LogP contribution in [0.15, 0.2) is 36.4 Å². The van der Waals surface area contributed by atoms with Crippen molar-refractivity contribution in [2.24, 2.45) is 0 Å². The monoisotopic (exact) mass is 374 g/mol. The van der Waals surface area contributed by atoms with Crippen LogP contribution in [0, 0.1) is 13.8 Å². The minimum absolute atomic E-state index is 0.122. The normalized spacial score (nSPS) is 14.2. The molecule has 0 bridgehead atoms. The van der Waals surface area contributed by atoms with Crippen LogP contribution < -0.4 is 4.52 Å². The van der Waals surface area contributed by atoms with Crippen molar-refractivity contribution < 1.29 is 37.8 Å². The Bertz CT molecular complexity index is 844. The zero-order chi connectivity index (χ0) is 18.1. The van der Waals surface area contributed by atoms with Gasteiger partial charge in [-0.05, 0) is 36.6 Å². The van der Waals surface area contributed by atoms with Gasteiger partial charge in [-0.3, -0.25) is 4.89 Å². The topological polar surface area (TPSA) is 134 Å². The number of benzene rings is 2. The standard InChI is InChI=1S/C14H16O8P2/c1-9-8-10(2)14(21-24(19,20)22-23(16,17)18)12(13(9)15)11-6-4-3-5-7-11/h3-8,15H,1-2H3,(H,19,20)(H2,16,17,18). The number of aromatic hydroxyl groups is 1. The molecule has 0 heterocycles. The highest BCUT2D eigenvalue weighted by molar-refractivity contribution is 7.60. The fourth-order valence-electron chi connectivity index (χ4n) is 2.22. The molecule has 10 heteroatoms. The molecule has 0 aromatic heterocycles. The van der Waals surface area contributed by atoms with Gasteiger partial charge in [-0.1, -0.05) is 30.3 Å². The smallest absolute Gasteiger partial charge is 0.507 e. The lowest BCUT2D eigenvalue weighted by atomic mass is 9.98. The van der Waals surface area contributed by atoms with E-state index in [1.807, 2.05) is 0 Å². The molecule has 8 nitrogen and oxygen atoms in total. The van der Waals surface area contributed by atoms with Gasteiger partial charge in [0, 0.05) is 0 Å². The first-order valence-corrected chi connectivity index (χ1v) is 9.70. The molecule has 1 unspecified atom stereocenters. The van der Waals surface area contributed by atoms with Gasteiger partial charge in [0.25, 0.3) is 0 Å². The Kier molecular flexibility index (Phi) is 5.20. The molecular weight excluding hydrogens is 358 g/mol. The SMILES string of the molecule is Cc1cc(C)c(OP(=O)(O)OP(=O)(O)O)c(-c2ccccc2)c1O. The number of phenolic OH excluding ortho intramolecular Hbond substituents is 1. The summed E-state index contributed by atoms with van der Waals surface area (Å²) in [6.07, 6.45) is 0. The van der Waals surface area contributed by atoms with Gasteiger partial charge in [0.1, 0.15) is 11.5 Å². The van der Waals surface area contributed by atoms with E-state index >= 15 is 0 Å². The average molecular weight is 374 g/mol. The molecule has 2 aromatic rings. The Morgan fingerprint density at radius 3 is 2.08 bits per heavy atom. The van der Waals surface area contributed by atoms with Crippen LogP contribution in [0.2, 0.25) is 0 Å². The lowest BCUT2D eigenvalue weighted by molar-refractivity contribution is 0.229. The lowest BCUT2D eigenvalue weighted by Crippen LogP contribution is -2.00. The molecule has 1 atom stereocenters. The third kappa shape index (κ3) is 4.45. The van der Waals surface area contributed by atoms with Gasteiger partial charge >= 0.3 is 15.6 Å². The van der Waals surface area contributed by atoms with Gasteiger partial charge < -0.3 is 19.4 Å². The van der Waals surface area contributed by atoms with Crippen LogP contribution in [0.1, 0.15) is 11.1 Å². The first-order valence-electron chi connectivity index (χ1n) is 6.68. The molecule has 24 heavy (non-hydrogen) atoms. The van der Waals surface area contributed by atoms with Crippen LogP contribution in [0.3, 0.4) is 0 Å². The lowest BCUT2D eigenvalue weighted by Gasteiger charge is -2.19. The second-order valence-corrected chi connectivity index (χ2v) is 7.82. The largest absolute Gasteiger partial charge is 0.536 e. The third-order valence-corrected chi connectivity index (χ3v) is 5.20. The van der Waals surface area contributed by atoms with Crippen molar-refractivity contribution in [2.75, 3.05) is 0 Å². The average Bonchev–Trinajstić information content (AvgIpc) is 2.43. The highest BCUT2D eigenvalue weighted by Crippen LogP contribution is 2.59. The molecular formula is C14H16O8P2. The molecule has 0 fully saturated rings. The maximum atomic E-state index is 11.9. The summed E-state index contributed by atoms with van der Waals surface area (Å²) in [7, 11) is -10.4. The fraction of sp³-hybridized carbons (Fsp3) is 0.143. The summed E-state index contributed by atoms with van der Waals surface area (Å²) >= 11 is 0. The number of rotatable bonds is 5. The van der Waals surface area contributed by atoms with Crippen LogP contribution in [0.4, 0.5) is 0 Å². The molecule has 2 aromatic carbocycles. The van der Waals surface area contributed by atoms with Gasteiger partial charge in [0.15, 0.2) is 0 Å². The molecule has 130 valence electrons. The van der Waals surface area contributed by atoms with E-state index in [0.717, 1.165) is 0 Å². The molecule has 0 amide bonds. The van der Waals surface area contributed by atoms with E-state index in [-0.39, 0.29) is 17.1 Å². The number of aryl methyl sites for hydroxylation is 2. The molecule has 0 saturated carbocycles. The Balaban J connectivity index is 2.60. The van der Waals surface area contributed by atoms with E-state index in [9.17, 15) is 19.1 Å². The molecule has 0 aliphatic heterocycles. The van der Waals surface area contributed by atoms with E-state index in [1.54, 1.807) is 44.2 Å². The highest BCUT2D eigenvalue weighted by atomic mass is 31.3. The summed E-state index contributed by atoms with van der Waals surface area (Å²) in [5.74, 6) is -0.387.